The van der Waals surface area contributed by atoms with Crippen LogP contribution in [-0.2, 0) is 37.8 Å². The second-order valence-electron chi connectivity index (χ2n) is 7.08. The number of hydrogen-bond acceptors (Lipinski definition) is 6. The summed E-state index contributed by atoms with van der Waals surface area (Å²) in [6.45, 7) is 0.0702. The lowest BCUT2D eigenvalue weighted by Gasteiger charge is -2.15. The third-order valence-electron chi connectivity index (χ3n) is 4.54. The highest BCUT2D eigenvalue weighted by Crippen LogP contribution is 2.21. The number of carbonyl (C=O) groups excluding carboxylic acids is 1. The SMILES string of the molecule is CN(C)S(=O)(=O)c1ccccc1CNC(=O)Cc1ccc(NS(=O)(=O)c2cccs2)cc1. The first-order valence-electron chi connectivity index (χ1n) is 9.52. The van der Waals surface area contributed by atoms with Gasteiger partial charge in [-0.15, -0.1) is 11.3 Å². The standard InChI is InChI=1S/C21H23N3O5S3/c1-24(2)32(28,29)19-7-4-3-6-17(19)15-22-20(25)14-16-9-11-18(12-10-16)23-31(26,27)21-8-5-13-30-21/h3-13,23H,14-15H2,1-2H3,(H,22,25). The van der Waals surface area contributed by atoms with Crippen LogP contribution in [0.15, 0.2) is 75.1 Å². The van der Waals surface area contributed by atoms with Gasteiger partial charge in [0.05, 0.1) is 11.3 Å². The van der Waals surface area contributed by atoms with Gasteiger partial charge in [0.15, 0.2) is 0 Å². The zero-order chi connectivity index (χ0) is 23.4. The molecule has 1 heterocycles. The summed E-state index contributed by atoms with van der Waals surface area (Å²) in [4.78, 5) is 12.5. The van der Waals surface area contributed by atoms with Gasteiger partial charge in [0.2, 0.25) is 15.9 Å². The average molecular weight is 494 g/mol. The van der Waals surface area contributed by atoms with Crippen molar-refractivity contribution in [3.63, 3.8) is 0 Å². The first-order valence-corrected chi connectivity index (χ1v) is 13.3. The number of nitrogens with one attached hydrogen (secondary N) is 2. The maximum Gasteiger partial charge on any atom is 0.271 e. The van der Waals surface area contributed by atoms with Crippen molar-refractivity contribution in [2.75, 3.05) is 18.8 Å². The van der Waals surface area contributed by atoms with E-state index in [-0.39, 0.29) is 28.0 Å². The van der Waals surface area contributed by atoms with Crippen molar-refractivity contribution >= 4 is 43.0 Å². The van der Waals surface area contributed by atoms with E-state index in [4.69, 9.17) is 0 Å². The van der Waals surface area contributed by atoms with Crippen LogP contribution in [0.4, 0.5) is 5.69 Å². The topological polar surface area (TPSA) is 113 Å². The van der Waals surface area contributed by atoms with E-state index in [9.17, 15) is 21.6 Å². The predicted octanol–water partition coefficient (Wildman–Crippen LogP) is 2.66. The van der Waals surface area contributed by atoms with E-state index < -0.39 is 20.0 Å². The van der Waals surface area contributed by atoms with E-state index in [1.54, 1.807) is 53.9 Å². The van der Waals surface area contributed by atoms with E-state index in [0.717, 1.165) is 15.6 Å². The van der Waals surface area contributed by atoms with Gasteiger partial charge in [-0.25, -0.2) is 21.1 Å². The normalized spacial score (nSPS) is 12.0. The molecule has 0 unspecified atom stereocenters. The summed E-state index contributed by atoms with van der Waals surface area (Å²) in [6.07, 6.45) is 0.0700. The number of amides is 1. The minimum absolute atomic E-state index is 0.0700. The largest absolute Gasteiger partial charge is 0.352 e. The second kappa shape index (κ2) is 9.82. The average Bonchev–Trinajstić information content (AvgIpc) is 3.30. The Morgan fingerprint density at radius 1 is 0.938 bits per heavy atom. The van der Waals surface area contributed by atoms with Gasteiger partial charge >= 0.3 is 0 Å². The predicted molar refractivity (Wildman–Crippen MR) is 124 cm³/mol. The lowest BCUT2D eigenvalue weighted by atomic mass is 10.1. The minimum Gasteiger partial charge on any atom is -0.352 e. The lowest BCUT2D eigenvalue weighted by molar-refractivity contribution is -0.120. The van der Waals surface area contributed by atoms with Crippen LogP contribution in [0.3, 0.4) is 0 Å². The number of nitrogens with zero attached hydrogens (tertiary/aromatic N) is 1. The number of sulfonamides is 2. The van der Waals surface area contributed by atoms with Crippen molar-refractivity contribution in [2.24, 2.45) is 0 Å². The molecule has 0 saturated heterocycles. The molecule has 8 nitrogen and oxygen atoms in total. The lowest BCUT2D eigenvalue weighted by Crippen LogP contribution is -2.27. The van der Waals surface area contributed by atoms with Crippen molar-refractivity contribution in [3.8, 4) is 0 Å². The van der Waals surface area contributed by atoms with Gasteiger partial charge in [-0.3, -0.25) is 9.52 Å². The van der Waals surface area contributed by atoms with Gasteiger partial charge in [-0.05, 0) is 40.8 Å². The monoisotopic (exact) mass is 493 g/mol. The summed E-state index contributed by atoms with van der Waals surface area (Å²) >= 11 is 1.12. The second-order valence-corrected chi connectivity index (χ2v) is 12.1. The molecule has 3 aromatic rings. The Bertz CT molecular complexity index is 1280. The molecule has 0 atom stereocenters. The van der Waals surface area contributed by atoms with Crippen LogP contribution in [-0.4, -0.2) is 41.1 Å². The van der Waals surface area contributed by atoms with E-state index >= 15 is 0 Å². The summed E-state index contributed by atoms with van der Waals surface area (Å²) < 4.78 is 53.3. The Kier molecular flexibility index (Phi) is 7.34. The van der Waals surface area contributed by atoms with Crippen LogP contribution in [0, 0.1) is 0 Å². The molecule has 32 heavy (non-hydrogen) atoms. The van der Waals surface area contributed by atoms with Crippen LogP contribution in [0.2, 0.25) is 0 Å². The molecule has 1 amide bonds. The summed E-state index contributed by atoms with van der Waals surface area (Å²) in [5.41, 5.74) is 1.58. The molecule has 170 valence electrons. The van der Waals surface area contributed by atoms with Crippen LogP contribution in [0.1, 0.15) is 11.1 Å². The molecular formula is C21H23N3O5S3. The highest BCUT2D eigenvalue weighted by Gasteiger charge is 2.21. The molecule has 0 bridgehead atoms. The number of thiophene rings is 1. The molecular weight excluding hydrogens is 470 g/mol. The Morgan fingerprint density at radius 3 is 2.25 bits per heavy atom. The van der Waals surface area contributed by atoms with Gasteiger partial charge in [-0.1, -0.05) is 36.4 Å². The Hall–Kier alpha value is -2.73. The number of benzene rings is 2. The molecule has 0 aliphatic heterocycles. The smallest absolute Gasteiger partial charge is 0.271 e. The van der Waals surface area contributed by atoms with Crippen molar-refractivity contribution in [1.29, 1.82) is 0 Å². The summed E-state index contributed by atoms with van der Waals surface area (Å²) in [5, 5.41) is 4.42. The molecule has 0 radical (unpaired) electrons. The van der Waals surface area contributed by atoms with E-state index in [1.165, 1.54) is 26.2 Å². The highest BCUT2D eigenvalue weighted by atomic mass is 32.2. The van der Waals surface area contributed by atoms with E-state index in [2.05, 4.69) is 10.0 Å². The van der Waals surface area contributed by atoms with E-state index in [1.807, 2.05) is 0 Å². The Morgan fingerprint density at radius 2 is 1.62 bits per heavy atom. The number of hydrogen-bond donors (Lipinski definition) is 2. The van der Waals surface area contributed by atoms with E-state index in [0.29, 0.717) is 16.8 Å². The maximum atomic E-state index is 12.5. The van der Waals surface area contributed by atoms with Gasteiger partial charge < -0.3 is 5.32 Å². The molecule has 0 saturated carbocycles. The summed E-state index contributed by atoms with van der Waals surface area (Å²) in [6, 6.07) is 16.2. The Labute approximate surface area is 192 Å². The van der Waals surface area contributed by atoms with Crippen LogP contribution < -0.4 is 10.0 Å². The minimum atomic E-state index is -3.63. The van der Waals surface area contributed by atoms with Gasteiger partial charge in [0.1, 0.15) is 4.21 Å². The third-order valence-corrected chi connectivity index (χ3v) is 9.23. The number of anilines is 1. The molecule has 0 spiro atoms. The molecule has 0 aliphatic rings. The maximum absolute atomic E-state index is 12.5. The molecule has 11 heteroatoms. The van der Waals surface area contributed by atoms with Crippen LogP contribution in [0.25, 0.3) is 0 Å². The third kappa shape index (κ3) is 5.74. The van der Waals surface area contributed by atoms with Crippen molar-refractivity contribution in [3.05, 3.63) is 77.2 Å². The fourth-order valence-electron chi connectivity index (χ4n) is 2.85. The van der Waals surface area contributed by atoms with Crippen LogP contribution in [0.5, 0.6) is 0 Å². The first-order chi connectivity index (χ1) is 15.1. The highest BCUT2D eigenvalue weighted by molar-refractivity contribution is 7.94. The number of carbonyl (C=O) groups is 1. The first kappa shape index (κ1) is 23.9. The van der Waals surface area contributed by atoms with Crippen molar-refractivity contribution in [2.45, 2.75) is 22.1 Å². The Balaban J connectivity index is 1.61. The molecule has 0 aliphatic carbocycles. The summed E-state index contributed by atoms with van der Waals surface area (Å²) in [7, 11) is -4.35. The molecule has 1 aromatic heterocycles. The molecule has 3 rings (SSSR count). The number of rotatable bonds is 9. The zero-order valence-corrected chi connectivity index (χ0v) is 19.9. The van der Waals surface area contributed by atoms with Crippen molar-refractivity contribution < 1.29 is 21.6 Å². The quantitative estimate of drug-likeness (QED) is 0.476. The fraction of sp³-hybridized carbons (Fsp3) is 0.190. The fourth-order valence-corrected chi connectivity index (χ4v) is 6.02. The van der Waals surface area contributed by atoms with Crippen LogP contribution >= 0.6 is 11.3 Å². The zero-order valence-electron chi connectivity index (χ0n) is 17.5. The van der Waals surface area contributed by atoms with Gasteiger partial charge in [0, 0.05) is 26.3 Å². The molecule has 2 N–H and O–H groups in total. The summed E-state index contributed by atoms with van der Waals surface area (Å²) in [5.74, 6) is -0.283. The molecule has 2 aromatic carbocycles. The van der Waals surface area contributed by atoms with Crippen molar-refractivity contribution in [1.82, 2.24) is 9.62 Å². The van der Waals surface area contributed by atoms with Gasteiger partial charge in [-0.2, -0.15) is 0 Å². The molecule has 0 fully saturated rings. The van der Waals surface area contributed by atoms with Gasteiger partial charge in [0.25, 0.3) is 10.0 Å².